The summed E-state index contributed by atoms with van der Waals surface area (Å²) in [5.74, 6) is 1.77. The number of aromatic nitrogens is 1. The number of oxazole rings is 1. The Balaban J connectivity index is 1.93. The summed E-state index contributed by atoms with van der Waals surface area (Å²) in [6, 6.07) is 6.08. The van der Waals surface area contributed by atoms with Crippen LogP contribution in [0, 0.1) is 13.8 Å². The maximum absolute atomic E-state index is 12.0. The number of aryl methyl sites for hydroxylation is 2. The van der Waals surface area contributed by atoms with E-state index in [1.54, 1.807) is 19.1 Å². The molecular weight excluding hydrogens is 300 g/mol. The summed E-state index contributed by atoms with van der Waals surface area (Å²) in [5.41, 5.74) is 1.56. The molecule has 0 N–H and O–H groups in total. The summed E-state index contributed by atoms with van der Waals surface area (Å²) < 4.78 is 45.7. The number of rotatable bonds is 6. The zero-order chi connectivity index (χ0) is 15.4. The van der Waals surface area contributed by atoms with Gasteiger partial charge in [-0.25, -0.2) is 4.98 Å². The van der Waals surface area contributed by atoms with Gasteiger partial charge < -0.3 is 9.15 Å². The summed E-state index contributed by atoms with van der Waals surface area (Å²) in [6.07, 6.45) is 0. The van der Waals surface area contributed by atoms with Gasteiger partial charge >= 0.3 is 6.61 Å². The van der Waals surface area contributed by atoms with Crippen LogP contribution >= 0.6 is 0 Å². The molecule has 0 unspecified atom stereocenters. The van der Waals surface area contributed by atoms with Gasteiger partial charge in [-0.15, -0.1) is 0 Å². The Hall–Kier alpha value is -1.76. The lowest BCUT2D eigenvalue weighted by Crippen LogP contribution is -2.03. The predicted octanol–water partition coefficient (Wildman–Crippen LogP) is 3.34. The second-order valence-corrected chi connectivity index (χ2v) is 5.96. The zero-order valence-electron chi connectivity index (χ0n) is 11.6. The first-order chi connectivity index (χ1) is 9.94. The molecule has 0 bridgehead atoms. The maximum atomic E-state index is 12.0. The molecule has 4 nitrogen and oxygen atoms in total. The Bertz CT molecular complexity index is 606. The third-order valence-electron chi connectivity index (χ3n) is 2.83. The zero-order valence-corrected chi connectivity index (χ0v) is 12.5. The Morgan fingerprint density at radius 2 is 1.90 bits per heavy atom. The van der Waals surface area contributed by atoms with E-state index >= 15 is 0 Å². The van der Waals surface area contributed by atoms with Crippen molar-refractivity contribution in [2.75, 3.05) is 0 Å². The van der Waals surface area contributed by atoms with Gasteiger partial charge in [0.05, 0.1) is 5.69 Å². The van der Waals surface area contributed by atoms with Crippen LogP contribution in [0.2, 0.25) is 0 Å². The lowest BCUT2D eigenvalue weighted by molar-refractivity contribution is -0.0498. The van der Waals surface area contributed by atoms with E-state index in [1.165, 1.54) is 12.1 Å². The van der Waals surface area contributed by atoms with Crippen molar-refractivity contribution in [1.29, 1.82) is 0 Å². The molecule has 0 saturated heterocycles. The first-order valence-electron chi connectivity index (χ1n) is 6.25. The fourth-order valence-electron chi connectivity index (χ4n) is 1.74. The van der Waals surface area contributed by atoms with Gasteiger partial charge in [0.1, 0.15) is 17.3 Å². The van der Waals surface area contributed by atoms with E-state index < -0.39 is 17.4 Å². The van der Waals surface area contributed by atoms with Crippen molar-refractivity contribution in [1.82, 2.24) is 4.98 Å². The molecule has 0 fully saturated rings. The Kier molecular flexibility index (Phi) is 5.06. The van der Waals surface area contributed by atoms with Crippen LogP contribution in [0.1, 0.15) is 22.9 Å². The molecule has 0 amide bonds. The van der Waals surface area contributed by atoms with Gasteiger partial charge in [0.2, 0.25) is 5.89 Å². The van der Waals surface area contributed by atoms with Gasteiger partial charge in [0.15, 0.2) is 0 Å². The molecule has 1 aromatic heterocycles. The monoisotopic (exact) mass is 315 g/mol. The van der Waals surface area contributed by atoms with Crippen molar-refractivity contribution in [3.05, 3.63) is 47.2 Å². The number of hydrogen-bond acceptors (Lipinski definition) is 4. The van der Waals surface area contributed by atoms with Crippen LogP contribution in [0.5, 0.6) is 5.75 Å². The highest BCUT2D eigenvalue weighted by Gasteiger charge is 2.11. The lowest BCUT2D eigenvalue weighted by atomic mass is 10.2. The highest BCUT2D eigenvalue weighted by Crippen LogP contribution is 2.17. The quantitative estimate of drug-likeness (QED) is 0.820. The van der Waals surface area contributed by atoms with Crippen LogP contribution in [0.15, 0.2) is 28.7 Å². The molecule has 1 aromatic carbocycles. The third-order valence-corrected chi connectivity index (χ3v) is 4.06. The Morgan fingerprint density at radius 1 is 1.24 bits per heavy atom. The van der Waals surface area contributed by atoms with Crippen molar-refractivity contribution in [2.45, 2.75) is 32.0 Å². The largest absolute Gasteiger partial charge is 0.445 e. The molecule has 21 heavy (non-hydrogen) atoms. The average molecular weight is 315 g/mol. The summed E-state index contributed by atoms with van der Waals surface area (Å²) in [7, 11) is -1.18. The fourth-order valence-corrected chi connectivity index (χ4v) is 2.81. The van der Waals surface area contributed by atoms with Crippen LogP contribution in [0.4, 0.5) is 8.78 Å². The number of alkyl halides is 2. The van der Waals surface area contributed by atoms with Crippen molar-refractivity contribution in [3.8, 4) is 5.75 Å². The third kappa shape index (κ3) is 4.63. The normalized spacial score (nSPS) is 12.6. The van der Waals surface area contributed by atoms with Crippen molar-refractivity contribution in [2.24, 2.45) is 0 Å². The molecule has 114 valence electrons. The van der Waals surface area contributed by atoms with E-state index in [4.69, 9.17) is 4.42 Å². The molecule has 2 rings (SSSR count). The van der Waals surface area contributed by atoms with Gasteiger partial charge in [-0.3, -0.25) is 4.21 Å². The van der Waals surface area contributed by atoms with Gasteiger partial charge in [-0.05, 0) is 31.5 Å². The number of ether oxygens (including phenoxy) is 1. The summed E-state index contributed by atoms with van der Waals surface area (Å²) in [4.78, 5) is 4.18. The molecule has 0 radical (unpaired) electrons. The maximum Gasteiger partial charge on any atom is 0.387 e. The van der Waals surface area contributed by atoms with E-state index in [1.807, 2.05) is 6.92 Å². The van der Waals surface area contributed by atoms with Crippen LogP contribution < -0.4 is 4.74 Å². The molecule has 7 heteroatoms. The van der Waals surface area contributed by atoms with Gasteiger partial charge in [0, 0.05) is 16.6 Å². The predicted molar refractivity (Wildman–Crippen MR) is 74.6 cm³/mol. The van der Waals surface area contributed by atoms with Crippen LogP contribution in [-0.4, -0.2) is 15.8 Å². The second-order valence-electron chi connectivity index (χ2n) is 4.50. The van der Waals surface area contributed by atoms with Gasteiger partial charge in [0.25, 0.3) is 0 Å². The minimum atomic E-state index is -2.85. The molecule has 1 heterocycles. The molecule has 0 aliphatic heterocycles. The highest BCUT2D eigenvalue weighted by molar-refractivity contribution is 7.83. The molecule has 0 saturated carbocycles. The number of benzene rings is 1. The molecule has 1 atom stereocenters. The standard InChI is InChI=1S/C14H15F2NO3S/c1-9-10(2)19-13(17-9)8-21(18)7-11-3-5-12(6-4-11)20-14(15)16/h3-6,14H,7-8H2,1-2H3/t21-/m0/s1. The average Bonchev–Trinajstić information content (AvgIpc) is 2.70. The van der Waals surface area contributed by atoms with E-state index in [-0.39, 0.29) is 11.5 Å². The summed E-state index contributed by atoms with van der Waals surface area (Å²) in [6.45, 7) is 0.783. The summed E-state index contributed by atoms with van der Waals surface area (Å²) in [5, 5.41) is 0. The molecule has 0 spiro atoms. The lowest BCUT2D eigenvalue weighted by Gasteiger charge is -2.05. The molecule has 0 aliphatic carbocycles. The van der Waals surface area contributed by atoms with E-state index in [2.05, 4.69) is 9.72 Å². The molecule has 0 aliphatic rings. The molecular formula is C14H15F2NO3S. The minimum absolute atomic E-state index is 0.0819. The van der Waals surface area contributed by atoms with E-state index in [0.29, 0.717) is 11.6 Å². The number of hydrogen-bond donors (Lipinski definition) is 0. The van der Waals surface area contributed by atoms with Crippen LogP contribution in [0.25, 0.3) is 0 Å². The van der Waals surface area contributed by atoms with Crippen LogP contribution in [0.3, 0.4) is 0 Å². The first-order valence-corrected chi connectivity index (χ1v) is 7.74. The molecule has 2 aromatic rings. The van der Waals surface area contributed by atoms with E-state index in [9.17, 15) is 13.0 Å². The minimum Gasteiger partial charge on any atom is -0.445 e. The SMILES string of the molecule is Cc1nc(C[S@@](=O)Cc2ccc(OC(F)F)cc2)oc1C. The van der Waals surface area contributed by atoms with Crippen molar-refractivity contribution < 1.29 is 22.1 Å². The fraction of sp³-hybridized carbons (Fsp3) is 0.357. The first kappa shape index (κ1) is 15.6. The Labute approximate surface area is 123 Å². The summed E-state index contributed by atoms with van der Waals surface area (Å²) >= 11 is 0. The van der Waals surface area contributed by atoms with Gasteiger partial charge in [-0.1, -0.05) is 12.1 Å². The topological polar surface area (TPSA) is 52.3 Å². The van der Waals surface area contributed by atoms with Crippen molar-refractivity contribution >= 4 is 10.8 Å². The van der Waals surface area contributed by atoms with Crippen LogP contribution in [-0.2, 0) is 22.3 Å². The van der Waals surface area contributed by atoms with Gasteiger partial charge in [-0.2, -0.15) is 8.78 Å². The number of nitrogens with zero attached hydrogens (tertiary/aromatic N) is 1. The second kappa shape index (κ2) is 6.80. The van der Waals surface area contributed by atoms with Crippen molar-refractivity contribution in [3.63, 3.8) is 0 Å². The Morgan fingerprint density at radius 3 is 2.43 bits per heavy atom. The smallest absolute Gasteiger partial charge is 0.387 e. The van der Waals surface area contributed by atoms with E-state index in [0.717, 1.165) is 17.0 Å². The highest BCUT2D eigenvalue weighted by atomic mass is 32.2. The number of halogens is 2.